The highest BCUT2D eigenvalue weighted by molar-refractivity contribution is 6.09. The quantitative estimate of drug-likeness (QED) is 0.320. The molecule has 2 heterocycles. The lowest BCUT2D eigenvalue weighted by Gasteiger charge is -2.26. The topological polar surface area (TPSA) is 82.0 Å². The molecular formula is C32H43N5O3. The molecule has 8 heteroatoms. The number of aryl methyl sites for hydroxylation is 1. The van der Waals surface area contributed by atoms with Crippen LogP contribution in [0, 0.1) is 12.3 Å². The van der Waals surface area contributed by atoms with Gasteiger partial charge in [-0.1, -0.05) is 38.5 Å². The smallest absolute Gasteiger partial charge is 0.318 e. The number of aromatic hydroxyl groups is 1. The van der Waals surface area contributed by atoms with E-state index in [1.165, 1.54) is 0 Å². The van der Waals surface area contributed by atoms with Crippen LogP contribution in [-0.2, 0) is 13.1 Å². The number of unbranched alkanes of at least 4 members (excludes halogenated alkanes) is 1. The summed E-state index contributed by atoms with van der Waals surface area (Å²) in [4.78, 5) is 30.2. The van der Waals surface area contributed by atoms with Crippen molar-refractivity contribution in [3.63, 3.8) is 0 Å². The Morgan fingerprint density at radius 2 is 1.90 bits per heavy atom. The number of amides is 1. The summed E-state index contributed by atoms with van der Waals surface area (Å²) in [6.07, 6.45) is 5.47. The monoisotopic (exact) mass is 545 g/mol. The van der Waals surface area contributed by atoms with Gasteiger partial charge >= 0.3 is 6.01 Å². The number of phenolic OH excluding ortho intramolecular Hbond substituents is 1. The number of ether oxygens (including phenoxy) is 1. The number of hydrogen-bond acceptors (Lipinski definition) is 7. The number of benzene rings is 2. The third-order valence-electron chi connectivity index (χ3n) is 8.12. The van der Waals surface area contributed by atoms with Gasteiger partial charge in [0.15, 0.2) is 0 Å². The van der Waals surface area contributed by atoms with Gasteiger partial charge in [0.2, 0.25) is 0 Å². The average Bonchev–Trinajstić information content (AvgIpc) is 3.53. The van der Waals surface area contributed by atoms with E-state index in [-0.39, 0.29) is 17.1 Å². The van der Waals surface area contributed by atoms with Crippen molar-refractivity contribution in [2.75, 3.05) is 45.2 Å². The number of phenols is 1. The van der Waals surface area contributed by atoms with Gasteiger partial charge in [-0.15, -0.1) is 0 Å². The molecule has 214 valence electrons. The molecule has 1 N–H and O–H groups in total. The van der Waals surface area contributed by atoms with E-state index in [0.717, 1.165) is 85.1 Å². The maximum atomic E-state index is 14.0. The number of rotatable bonds is 12. The third kappa shape index (κ3) is 5.87. The van der Waals surface area contributed by atoms with Crippen molar-refractivity contribution < 1.29 is 14.6 Å². The van der Waals surface area contributed by atoms with Gasteiger partial charge < -0.3 is 24.5 Å². The van der Waals surface area contributed by atoms with Crippen LogP contribution in [0.4, 0.5) is 5.82 Å². The van der Waals surface area contributed by atoms with Crippen LogP contribution in [0.5, 0.6) is 11.8 Å². The molecule has 0 spiro atoms. The van der Waals surface area contributed by atoms with Crippen molar-refractivity contribution in [3.8, 4) is 11.8 Å². The van der Waals surface area contributed by atoms with Gasteiger partial charge in [-0.2, -0.15) is 9.97 Å². The highest BCUT2D eigenvalue weighted by Crippen LogP contribution is 2.46. The summed E-state index contributed by atoms with van der Waals surface area (Å²) in [6, 6.07) is 9.59. The molecule has 2 aliphatic rings. The lowest BCUT2D eigenvalue weighted by Crippen LogP contribution is -2.29. The second-order valence-corrected chi connectivity index (χ2v) is 11.9. The van der Waals surface area contributed by atoms with E-state index in [9.17, 15) is 9.90 Å². The molecule has 1 amide bonds. The average molecular weight is 546 g/mol. The fourth-order valence-electron chi connectivity index (χ4n) is 5.98. The largest absolute Gasteiger partial charge is 0.508 e. The predicted octanol–water partition coefficient (Wildman–Crippen LogP) is 5.54. The van der Waals surface area contributed by atoms with Crippen molar-refractivity contribution in [1.29, 1.82) is 0 Å². The highest BCUT2D eigenvalue weighted by atomic mass is 16.5. The summed E-state index contributed by atoms with van der Waals surface area (Å²) in [5.41, 5.74) is 3.55. The predicted molar refractivity (Wildman–Crippen MR) is 159 cm³/mol. The molecule has 3 aromatic rings. The minimum Gasteiger partial charge on any atom is -0.508 e. The van der Waals surface area contributed by atoms with Gasteiger partial charge in [-0.25, -0.2) is 0 Å². The molecule has 8 nitrogen and oxygen atoms in total. The molecule has 40 heavy (non-hydrogen) atoms. The van der Waals surface area contributed by atoms with Gasteiger partial charge in [-0.3, -0.25) is 4.79 Å². The molecule has 1 fully saturated rings. The van der Waals surface area contributed by atoms with Gasteiger partial charge in [0, 0.05) is 30.6 Å². The number of nitrogens with zero attached hydrogens (tertiary/aromatic N) is 5. The second kappa shape index (κ2) is 11.6. The molecule has 0 atom stereocenters. The lowest BCUT2D eigenvalue weighted by atomic mass is 9.98. The summed E-state index contributed by atoms with van der Waals surface area (Å²) < 4.78 is 6.29. The van der Waals surface area contributed by atoms with E-state index in [1.807, 2.05) is 30.0 Å². The highest BCUT2D eigenvalue weighted by Gasteiger charge is 2.44. The minimum atomic E-state index is -0.111. The van der Waals surface area contributed by atoms with Crippen LogP contribution < -0.4 is 9.64 Å². The van der Waals surface area contributed by atoms with E-state index in [0.29, 0.717) is 31.3 Å². The van der Waals surface area contributed by atoms with E-state index in [4.69, 9.17) is 14.7 Å². The Labute approximate surface area is 238 Å². The lowest BCUT2D eigenvalue weighted by molar-refractivity contribution is 0.0752. The minimum absolute atomic E-state index is 0.0924. The fraction of sp³-hybridized carbons (Fsp3) is 0.531. The van der Waals surface area contributed by atoms with Crippen LogP contribution in [-0.4, -0.2) is 71.1 Å². The Hall–Kier alpha value is -3.39. The molecule has 1 aromatic heterocycles. The molecule has 0 saturated heterocycles. The molecule has 2 aromatic carbocycles. The molecule has 1 saturated carbocycles. The summed E-state index contributed by atoms with van der Waals surface area (Å²) in [5, 5.41) is 12.2. The van der Waals surface area contributed by atoms with Crippen LogP contribution in [0.3, 0.4) is 0 Å². The Morgan fingerprint density at radius 3 is 2.60 bits per heavy atom. The van der Waals surface area contributed by atoms with Gasteiger partial charge in [0.25, 0.3) is 5.91 Å². The Balaban J connectivity index is 1.47. The zero-order chi connectivity index (χ0) is 28.4. The molecule has 0 bridgehead atoms. The first-order valence-electron chi connectivity index (χ1n) is 14.7. The Morgan fingerprint density at radius 1 is 1.10 bits per heavy atom. The molecule has 0 unspecified atom stereocenters. The Kier molecular flexibility index (Phi) is 8.17. The maximum absolute atomic E-state index is 14.0. The fourth-order valence-corrected chi connectivity index (χ4v) is 5.98. The van der Waals surface area contributed by atoms with Gasteiger partial charge in [0.1, 0.15) is 11.6 Å². The first-order chi connectivity index (χ1) is 19.2. The van der Waals surface area contributed by atoms with Crippen LogP contribution in [0.1, 0.15) is 73.1 Å². The standard InChI is InChI=1S/C32H43N5O3/c1-6-8-15-36(14-7-2)29-26-18-37(30(39)25-17-24(38)16-23-11-9-10-22(3)28(23)25)19-27(26)33-31(34-29)40-21-32(12-13-32)20-35(4)5/h9-11,16-17,38H,6-8,12-15,18-21H2,1-5H3. The van der Waals surface area contributed by atoms with Crippen molar-refractivity contribution in [3.05, 3.63) is 52.7 Å². The van der Waals surface area contributed by atoms with Crippen molar-refractivity contribution in [2.45, 2.75) is 66.0 Å². The van der Waals surface area contributed by atoms with E-state index in [2.05, 4.69) is 37.7 Å². The van der Waals surface area contributed by atoms with E-state index < -0.39 is 0 Å². The molecule has 0 radical (unpaired) electrons. The summed E-state index contributed by atoms with van der Waals surface area (Å²) in [7, 11) is 4.20. The van der Waals surface area contributed by atoms with E-state index >= 15 is 0 Å². The number of carbonyl (C=O) groups excluding carboxylic acids is 1. The maximum Gasteiger partial charge on any atom is 0.318 e. The number of carbonyl (C=O) groups is 1. The van der Waals surface area contributed by atoms with Crippen LogP contribution >= 0.6 is 0 Å². The van der Waals surface area contributed by atoms with Crippen molar-refractivity contribution in [2.24, 2.45) is 5.41 Å². The number of anilines is 1. The molecule has 5 rings (SSSR count). The Bertz CT molecular complexity index is 1380. The summed E-state index contributed by atoms with van der Waals surface area (Å²) >= 11 is 0. The zero-order valence-corrected chi connectivity index (χ0v) is 24.7. The number of hydrogen-bond donors (Lipinski definition) is 1. The molecule has 1 aliphatic carbocycles. The summed E-state index contributed by atoms with van der Waals surface area (Å²) in [5.74, 6) is 0.870. The third-order valence-corrected chi connectivity index (χ3v) is 8.12. The van der Waals surface area contributed by atoms with Crippen molar-refractivity contribution in [1.82, 2.24) is 19.8 Å². The summed E-state index contributed by atoms with van der Waals surface area (Å²) in [6.45, 7) is 10.6. The van der Waals surface area contributed by atoms with Crippen molar-refractivity contribution >= 4 is 22.5 Å². The van der Waals surface area contributed by atoms with Gasteiger partial charge in [-0.05, 0) is 75.2 Å². The second-order valence-electron chi connectivity index (χ2n) is 11.9. The SMILES string of the molecule is CCCCN(CCC)c1nc(OCC2(CN(C)C)CC2)nc2c1CN(C(=O)c1cc(O)cc3cccc(C)c13)C2. The molecular weight excluding hydrogens is 502 g/mol. The first kappa shape index (κ1) is 28.1. The van der Waals surface area contributed by atoms with E-state index in [1.54, 1.807) is 12.1 Å². The first-order valence-corrected chi connectivity index (χ1v) is 14.7. The zero-order valence-electron chi connectivity index (χ0n) is 24.7. The van der Waals surface area contributed by atoms with Crippen LogP contribution in [0.15, 0.2) is 30.3 Å². The number of fused-ring (bicyclic) bond motifs is 2. The normalized spacial score (nSPS) is 15.5. The number of aromatic nitrogens is 2. The molecule has 1 aliphatic heterocycles. The van der Waals surface area contributed by atoms with Crippen LogP contribution in [0.2, 0.25) is 0 Å². The van der Waals surface area contributed by atoms with Gasteiger partial charge in [0.05, 0.1) is 31.0 Å². The van der Waals surface area contributed by atoms with Crippen LogP contribution in [0.25, 0.3) is 10.8 Å².